The zero-order chi connectivity index (χ0) is 26.0. The largest absolute Gasteiger partial charge is 0.479 e. The Labute approximate surface area is 220 Å². The molecule has 1 saturated heterocycles. The SMILES string of the molecule is Nc1nc(Cl)nc2c1ncn2C1[C@@H]2O[C@H](COC(Cc3ccc(I)cc3)(C(=O)O)C(=O)O)[C@@H](O)[C@@]12F. The van der Waals surface area contributed by atoms with Crippen molar-refractivity contribution >= 4 is 63.1 Å². The highest BCUT2D eigenvalue weighted by Crippen LogP contribution is 2.62. The average molecular weight is 634 g/mol. The topological polar surface area (TPSA) is 183 Å². The molecule has 1 unspecified atom stereocenters. The number of fused-ring (bicyclic) bond motifs is 2. The quantitative estimate of drug-likeness (QED) is 0.159. The molecule has 5 N–H and O–H groups in total. The molecule has 1 saturated carbocycles. The Hall–Kier alpha value is -2.66. The molecule has 5 rings (SSSR count). The van der Waals surface area contributed by atoms with Gasteiger partial charge in [-0.3, -0.25) is 0 Å². The van der Waals surface area contributed by atoms with Crippen LogP contribution in [0.15, 0.2) is 30.6 Å². The first-order valence-electron chi connectivity index (χ1n) is 10.5. The smallest absolute Gasteiger partial charge is 0.348 e. The highest BCUT2D eigenvalue weighted by atomic mass is 127. The van der Waals surface area contributed by atoms with Gasteiger partial charge in [0.15, 0.2) is 17.1 Å². The molecule has 0 amide bonds. The number of imidazole rings is 1. The van der Waals surface area contributed by atoms with Crippen LogP contribution in [0.4, 0.5) is 10.2 Å². The molecule has 1 aliphatic heterocycles. The summed E-state index contributed by atoms with van der Waals surface area (Å²) in [6.07, 6.45) is -3.43. The van der Waals surface area contributed by atoms with Crippen molar-refractivity contribution in [2.45, 2.75) is 42.0 Å². The molecule has 1 aromatic carbocycles. The number of hydrogen-bond donors (Lipinski definition) is 4. The Morgan fingerprint density at radius 3 is 2.53 bits per heavy atom. The Kier molecular flexibility index (Phi) is 6.06. The second-order valence-electron chi connectivity index (χ2n) is 8.57. The number of nitrogens with two attached hydrogens (primary N) is 1. The number of anilines is 1. The predicted octanol–water partition coefficient (Wildman–Crippen LogP) is 1.23. The molecule has 15 heteroatoms. The fraction of sp³-hybridized carbons (Fsp3) is 0.381. The number of rotatable bonds is 8. The van der Waals surface area contributed by atoms with Gasteiger partial charge in [-0.1, -0.05) is 12.1 Å². The standard InChI is InChI=1S/C21H18ClFIN5O7/c22-19-27-15(25)11-16(28-19)29(7-26-11)12-14-21(12,23)13(30)10(36-14)6-35-20(17(31)32,18(33)34)5-8-1-3-9(24)4-2-8/h1-4,7,10,12-14,30H,5-6H2,(H,31,32)(H,33,34)(H2,25,27,28)/t10-,12?,13-,14+,21+/m1/s1. The summed E-state index contributed by atoms with van der Waals surface area (Å²) in [5.41, 5.74) is 1.59. The van der Waals surface area contributed by atoms with Gasteiger partial charge in [0, 0.05) is 9.99 Å². The second-order valence-corrected chi connectivity index (χ2v) is 10.1. The third-order valence-corrected chi connectivity index (χ3v) is 7.35. The monoisotopic (exact) mass is 633 g/mol. The van der Waals surface area contributed by atoms with E-state index in [4.69, 9.17) is 26.8 Å². The van der Waals surface area contributed by atoms with Gasteiger partial charge in [-0.05, 0) is 51.9 Å². The summed E-state index contributed by atoms with van der Waals surface area (Å²) in [5, 5.41) is 30.0. The van der Waals surface area contributed by atoms with E-state index in [1.54, 1.807) is 24.3 Å². The summed E-state index contributed by atoms with van der Waals surface area (Å²) in [7, 11) is 0. The van der Waals surface area contributed by atoms with Crippen LogP contribution in [0.3, 0.4) is 0 Å². The van der Waals surface area contributed by atoms with E-state index in [0.717, 1.165) is 3.57 Å². The number of carboxylic acids is 2. The third kappa shape index (κ3) is 3.78. The van der Waals surface area contributed by atoms with Crippen LogP contribution in [0.1, 0.15) is 11.6 Å². The number of ether oxygens (including phenoxy) is 2. The molecule has 3 aromatic rings. The highest BCUT2D eigenvalue weighted by Gasteiger charge is 2.79. The first-order valence-corrected chi connectivity index (χ1v) is 12.0. The number of carbonyl (C=O) groups is 2. The number of nitrogen functional groups attached to an aromatic ring is 1. The maximum absolute atomic E-state index is 15.8. The average Bonchev–Trinajstić information content (AvgIpc) is 3.07. The van der Waals surface area contributed by atoms with Crippen molar-refractivity contribution in [2.75, 3.05) is 12.3 Å². The van der Waals surface area contributed by atoms with Gasteiger partial charge in [-0.25, -0.2) is 19.0 Å². The van der Waals surface area contributed by atoms with Crippen LogP contribution < -0.4 is 5.73 Å². The number of benzene rings is 1. The minimum absolute atomic E-state index is 0.00187. The minimum Gasteiger partial charge on any atom is -0.479 e. The molecule has 2 aliphatic rings. The molecule has 0 bridgehead atoms. The number of halogens is 3. The van der Waals surface area contributed by atoms with Gasteiger partial charge in [0.05, 0.1) is 12.9 Å². The van der Waals surface area contributed by atoms with Crippen LogP contribution >= 0.6 is 34.2 Å². The Bertz CT molecular complexity index is 1360. The number of aliphatic carboxylic acids is 2. The highest BCUT2D eigenvalue weighted by molar-refractivity contribution is 14.1. The van der Waals surface area contributed by atoms with Crippen LogP contribution in [0.2, 0.25) is 5.28 Å². The molecule has 2 fully saturated rings. The van der Waals surface area contributed by atoms with Crippen LogP contribution in [-0.4, -0.2) is 83.0 Å². The van der Waals surface area contributed by atoms with Crippen LogP contribution in [0.25, 0.3) is 11.2 Å². The lowest BCUT2D eigenvalue weighted by molar-refractivity contribution is -0.190. The van der Waals surface area contributed by atoms with E-state index in [9.17, 15) is 24.9 Å². The molecule has 1 aliphatic carbocycles. The van der Waals surface area contributed by atoms with E-state index in [0.29, 0.717) is 5.56 Å². The number of carboxylic acid groups (broad SMARTS) is 2. The van der Waals surface area contributed by atoms with Crippen molar-refractivity contribution in [3.05, 3.63) is 45.0 Å². The number of aliphatic hydroxyl groups is 1. The molecular formula is C21H18ClFIN5O7. The van der Waals surface area contributed by atoms with Crippen LogP contribution in [-0.2, 0) is 25.5 Å². The molecule has 2 aromatic heterocycles. The van der Waals surface area contributed by atoms with Crippen molar-refractivity contribution in [1.82, 2.24) is 19.5 Å². The van der Waals surface area contributed by atoms with Crippen molar-refractivity contribution in [3.63, 3.8) is 0 Å². The van der Waals surface area contributed by atoms with Crippen LogP contribution in [0, 0.1) is 3.57 Å². The third-order valence-electron chi connectivity index (χ3n) is 6.47. The van der Waals surface area contributed by atoms with E-state index < -0.39 is 60.6 Å². The zero-order valence-electron chi connectivity index (χ0n) is 18.1. The van der Waals surface area contributed by atoms with Gasteiger partial charge in [0.2, 0.25) is 5.28 Å². The fourth-order valence-corrected chi connectivity index (χ4v) is 5.06. The maximum atomic E-state index is 15.8. The maximum Gasteiger partial charge on any atom is 0.348 e. The Morgan fingerprint density at radius 2 is 1.94 bits per heavy atom. The summed E-state index contributed by atoms with van der Waals surface area (Å²) in [6, 6.07) is 5.54. The summed E-state index contributed by atoms with van der Waals surface area (Å²) in [5.74, 6) is -3.47. The number of aromatic nitrogens is 4. The number of hydrogen-bond acceptors (Lipinski definition) is 9. The molecule has 0 radical (unpaired) electrons. The Morgan fingerprint density at radius 1 is 1.28 bits per heavy atom. The first-order chi connectivity index (χ1) is 17.0. The molecule has 3 heterocycles. The summed E-state index contributed by atoms with van der Waals surface area (Å²) >= 11 is 7.91. The summed E-state index contributed by atoms with van der Waals surface area (Å²) < 4.78 is 29.0. The minimum atomic E-state index is -2.67. The van der Waals surface area contributed by atoms with Gasteiger partial charge in [0.25, 0.3) is 5.60 Å². The van der Waals surface area contributed by atoms with Crippen LogP contribution in [0.5, 0.6) is 0 Å². The summed E-state index contributed by atoms with van der Waals surface area (Å²) in [6.45, 7) is -0.676. The molecule has 12 nitrogen and oxygen atoms in total. The van der Waals surface area contributed by atoms with Gasteiger partial charge in [-0.2, -0.15) is 9.97 Å². The Balaban J connectivity index is 1.34. The van der Waals surface area contributed by atoms with E-state index >= 15 is 4.39 Å². The molecule has 36 heavy (non-hydrogen) atoms. The number of aliphatic hydroxyl groups excluding tert-OH is 1. The van der Waals surface area contributed by atoms with Gasteiger partial charge < -0.3 is 35.1 Å². The van der Waals surface area contributed by atoms with Gasteiger partial charge in [0.1, 0.15) is 29.9 Å². The number of nitrogens with zero attached hydrogens (tertiary/aromatic N) is 4. The molecule has 190 valence electrons. The van der Waals surface area contributed by atoms with Crippen molar-refractivity contribution in [1.29, 1.82) is 0 Å². The second kappa shape index (κ2) is 8.72. The van der Waals surface area contributed by atoms with Gasteiger partial charge in [-0.15, -0.1) is 0 Å². The van der Waals surface area contributed by atoms with E-state index in [-0.39, 0.29) is 22.3 Å². The first kappa shape index (κ1) is 25.0. The van der Waals surface area contributed by atoms with E-state index in [1.165, 1.54) is 10.9 Å². The van der Waals surface area contributed by atoms with Crippen molar-refractivity contribution in [3.8, 4) is 0 Å². The van der Waals surface area contributed by atoms with Gasteiger partial charge >= 0.3 is 11.9 Å². The molecular weight excluding hydrogens is 616 g/mol. The molecule has 5 atom stereocenters. The lowest BCUT2D eigenvalue weighted by Gasteiger charge is -2.29. The predicted molar refractivity (Wildman–Crippen MR) is 129 cm³/mol. The van der Waals surface area contributed by atoms with E-state index in [1.807, 2.05) is 0 Å². The molecule has 0 spiro atoms. The van der Waals surface area contributed by atoms with E-state index in [2.05, 4.69) is 37.5 Å². The summed E-state index contributed by atoms with van der Waals surface area (Å²) in [4.78, 5) is 35.9. The lowest BCUT2D eigenvalue weighted by Crippen LogP contribution is -2.53. The van der Waals surface area contributed by atoms with Crippen molar-refractivity contribution < 1.29 is 38.8 Å². The normalized spacial score (nSPS) is 27.2. The zero-order valence-corrected chi connectivity index (χ0v) is 21.0. The number of alkyl halides is 1. The fourth-order valence-electron chi connectivity index (χ4n) is 4.53. The van der Waals surface area contributed by atoms with Crippen molar-refractivity contribution in [2.24, 2.45) is 0 Å². The lowest BCUT2D eigenvalue weighted by atomic mass is 9.94.